The van der Waals surface area contributed by atoms with Crippen molar-refractivity contribution in [2.45, 2.75) is 6.61 Å². The van der Waals surface area contributed by atoms with Gasteiger partial charge >= 0.3 is 5.63 Å². The Balaban J connectivity index is 1.71. The molecule has 0 N–H and O–H groups in total. The van der Waals surface area contributed by atoms with Gasteiger partial charge in [0.2, 0.25) is 0 Å². The van der Waals surface area contributed by atoms with E-state index in [0.29, 0.717) is 23.5 Å². The summed E-state index contributed by atoms with van der Waals surface area (Å²) < 4.78 is 10.9. The van der Waals surface area contributed by atoms with E-state index in [1.165, 1.54) is 11.0 Å². The number of hydrogen-bond acceptors (Lipinski definition) is 4. The second-order valence-electron chi connectivity index (χ2n) is 5.64. The SMILES string of the molecule is CN(C)C(=O)c1ccc(COc2ccc3ccc(=O)oc3c2)cc1. The van der Waals surface area contributed by atoms with Crippen molar-refractivity contribution in [2.24, 2.45) is 0 Å². The molecule has 122 valence electrons. The molecule has 0 fully saturated rings. The fraction of sp³-hybridized carbons (Fsp3) is 0.158. The van der Waals surface area contributed by atoms with Crippen molar-refractivity contribution < 1.29 is 13.9 Å². The summed E-state index contributed by atoms with van der Waals surface area (Å²) in [6.45, 7) is 0.360. The van der Waals surface area contributed by atoms with Crippen LogP contribution in [-0.4, -0.2) is 24.9 Å². The normalized spacial score (nSPS) is 10.6. The number of hydrogen-bond donors (Lipinski definition) is 0. The molecule has 1 aromatic heterocycles. The zero-order valence-electron chi connectivity index (χ0n) is 13.5. The van der Waals surface area contributed by atoms with Gasteiger partial charge in [0, 0.05) is 37.2 Å². The van der Waals surface area contributed by atoms with Gasteiger partial charge in [-0.25, -0.2) is 4.79 Å². The van der Waals surface area contributed by atoms with E-state index >= 15 is 0 Å². The van der Waals surface area contributed by atoms with E-state index in [1.807, 2.05) is 24.3 Å². The van der Waals surface area contributed by atoms with E-state index in [-0.39, 0.29) is 11.5 Å². The number of benzene rings is 2. The number of carbonyl (C=O) groups is 1. The predicted octanol–water partition coefficient (Wildman–Crippen LogP) is 3.07. The van der Waals surface area contributed by atoms with Crippen LogP contribution >= 0.6 is 0 Å². The molecule has 0 saturated carbocycles. The van der Waals surface area contributed by atoms with Gasteiger partial charge in [0.05, 0.1) is 0 Å². The highest BCUT2D eigenvalue weighted by Crippen LogP contribution is 2.20. The summed E-state index contributed by atoms with van der Waals surface area (Å²) in [5, 5.41) is 0.841. The molecule has 1 amide bonds. The van der Waals surface area contributed by atoms with Crippen molar-refractivity contribution in [3.05, 3.63) is 76.1 Å². The average Bonchev–Trinajstić information content (AvgIpc) is 2.59. The van der Waals surface area contributed by atoms with Gasteiger partial charge < -0.3 is 14.1 Å². The quantitative estimate of drug-likeness (QED) is 0.692. The third kappa shape index (κ3) is 3.46. The van der Waals surface area contributed by atoms with Gasteiger partial charge in [-0.2, -0.15) is 0 Å². The lowest BCUT2D eigenvalue weighted by molar-refractivity contribution is 0.0827. The summed E-state index contributed by atoms with van der Waals surface area (Å²) in [5.41, 5.74) is 1.68. The smallest absolute Gasteiger partial charge is 0.336 e. The zero-order valence-corrected chi connectivity index (χ0v) is 13.5. The topological polar surface area (TPSA) is 59.8 Å². The van der Waals surface area contributed by atoms with Crippen molar-refractivity contribution in [2.75, 3.05) is 14.1 Å². The molecule has 5 nitrogen and oxygen atoms in total. The molecule has 0 aliphatic carbocycles. The molecule has 24 heavy (non-hydrogen) atoms. The standard InChI is InChI=1S/C19H17NO4/c1-20(2)19(22)15-5-3-13(4-6-15)12-23-16-9-7-14-8-10-18(21)24-17(14)11-16/h3-11H,12H2,1-2H3. The summed E-state index contributed by atoms with van der Waals surface area (Å²) in [6, 6.07) is 15.7. The second-order valence-corrected chi connectivity index (χ2v) is 5.64. The van der Waals surface area contributed by atoms with Crippen LogP contribution in [0.2, 0.25) is 0 Å². The molecule has 0 radical (unpaired) electrons. The Morgan fingerprint density at radius 3 is 2.46 bits per heavy atom. The molecule has 0 unspecified atom stereocenters. The minimum absolute atomic E-state index is 0.0352. The van der Waals surface area contributed by atoms with Gasteiger partial charge in [0.25, 0.3) is 5.91 Å². The zero-order chi connectivity index (χ0) is 17.1. The van der Waals surface area contributed by atoms with Gasteiger partial charge in [-0.1, -0.05) is 12.1 Å². The maximum atomic E-state index is 11.8. The minimum Gasteiger partial charge on any atom is -0.489 e. The van der Waals surface area contributed by atoms with Crippen molar-refractivity contribution in [3.8, 4) is 5.75 Å². The first kappa shape index (κ1) is 15.8. The summed E-state index contributed by atoms with van der Waals surface area (Å²) >= 11 is 0. The lowest BCUT2D eigenvalue weighted by Crippen LogP contribution is -2.21. The fourth-order valence-electron chi connectivity index (χ4n) is 2.30. The Morgan fingerprint density at radius 2 is 1.75 bits per heavy atom. The first-order valence-electron chi connectivity index (χ1n) is 7.50. The maximum Gasteiger partial charge on any atom is 0.336 e. The fourth-order valence-corrected chi connectivity index (χ4v) is 2.30. The Morgan fingerprint density at radius 1 is 1.04 bits per heavy atom. The highest BCUT2D eigenvalue weighted by atomic mass is 16.5. The number of fused-ring (bicyclic) bond motifs is 1. The van der Waals surface area contributed by atoms with Gasteiger partial charge in [-0.05, 0) is 35.9 Å². The molecule has 0 bridgehead atoms. The van der Waals surface area contributed by atoms with Crippen LogP contribution in [-0.2, 0) is 6.61 Å². The lowest BCUT2D eigenvalue weighted by atomic mass is 10.1. The average molecular weight is 323 g/mol. The molecule has 0 spiro atoms. The monoisotopic (exact) mass is 323 g/mol. The molecular weight excluding hydrogens is 306 g/mol. The number of carbonyl (C=O) groups excluding carboxylic acids is 1. The van der Waals surface area contributed by atoms with Crippen molar-refractivity contribution in [1.29, 1.82) is 0 Å². The first-order chi connectivity index (χ1) is 11.5. The van der Waals surface area contributed by atoms with E-state index in [9.17, 15) is 9.59 Å². The Kier molecular flexibility index (Phi) is 4.33. The highest BCUT2D eigenvalue weighted by Gasteiger charge is 2.07. The molecule has 0 aliphatic heterocycles. The minimum atomic E-state index is -0.388. The molecular formula is C19H17NO4. The molecule has 0 saturated heterocycles. The Bertz CT molecular complexity index is 926. The maximum absolute atomic E-state index is 11.8. The van der Waals surface area contributed by atoms with Crippen molar-refractivity contribution in [3.63, 3.8) is 0 Å². The van der Waals surface area contributed by atoms with Crippen LogP contribution in [0.25, 0.3) is 11.0 Å². The van der Waals surface area contributed by atoms with Gasteiger partial charge in [-0.3, -0.25) is 4.79 Å². The van der Waals surface area contributed by atoms with Crippen LogP contribution in [0.4, 0.5) is 0 Å². The lowest BCUT2D eigenvalue weighted by Gasteiger charge is -2.11. The first-order valence-corrected chi connectivity index (χ1v) is 7.50. The molecule has 0 atom stereocenters. The van der Waals surface area contributed by atoms with Crippen LogP contribution in [0, 0.1) is 0 Å². The summed E-state index contributed by atoms with van der Waals surface area (Å²) in [7, 11) is 3.44. The van der Waals surface area contributed by atoms with E-state index < -0.39 is 0 Å². The van der Waals surface area contributed by atoms with E-state index in [2.05, 4.69) is 0 Å². The van der Waals surface area contributed by atoms with Gasteiger partial charge in [0.15, 0.2) is 0 Å². The molecule has 3 rings (SSSR count). The van der Waals surface area contributed by atoms with Crippen LogP contribution < -0.4 is 10.4 Å². The van der Waals surface area contributed by atoms with Crippen LogP contribution in [0.1, 0.15) is 15.9 Å². The number of rotatable bonds is 4. The predicted molar refractivity (Wildman–Crippen MR) is 91.3 cm³/mol. The van der Waals surface area contributed by atoms with Crippen molar-refractivity contribution in [1.82, 2.24) is 4.90 Å². The second kappa shape index (κ2) is 6.58. The molecule has 0 aliphatic rings. The van der Waals surface area contributed by atoms with Crippen LogP contribution in [0.5, 0.6) is 5.75 Å². The molecule has 3 aromatic rings. The number of ether oxygens (including phenoxy) is 1. The van der Waals surface area contributed by atoms with Crippen LogP contribution in [0.15, 0.2) is 63.8 Å². The van der Waals surface area contributed by atoms with Crippen LogP contribution in [0.3, 0.4) is 0 Å². The van der Waals surface area contributed by atoms with E-state index in [4.69, 9.17) is 9.15 Å². The van der Waals surface area contributed by atoms with E-state index in [1.54, 1.807) is 38.4 Å². The largest absolute Gasteiger partial charge is 0.489 e. The third-order valence-corrected chi connectivity index (χ3v) is 3.61. The Labute approximate surface area is 139 Å². The Hall–Kier alpha value is -3.08. The molecule has 1 heterocycles. The van der Waals surface area contributed by atoms with Crippen molar-refractivity contribution >= 4 is 16.9 Å². The van der Waals surface area contributed by atoms with E-state index in [0.717, 1.165) is 10.9 Å². The highest BCUT2D eigenvalue weighted by molar-refractivity contribution is 5.93. The van der Waals surface area contributed by atoms with Gasteiger partial charge in [0.1, 0.15) is 17.9 Å². The molecule has 2 aromatic carbocycles. The van der Waals surface area contributed by atoms with Gasteiger partial charge in [-0.15, -0.1) is 0 Å². The number of nitrogens with zero attached hydrogens (tertiary/aromatic N) is 1. The summed E-state index contributed by atoms with van der Waals surface area (Å²) in [4.78, 5) is 24.7. The summed E-state index contributed by atoms with van der Waals surface area (Å²) in [6.07, 6.45) is 0. The molecule has 5 heteroatoms. The third-order valence-electron chi connectivity index (χ3n) is 3.61. The number of amides is 1. The summed E-state index contributed by atoms with van der Waals surface area (Å²) in [5.74, 6) is 0.581.